The molecule has 4 heteroatoms. The average Bonchev–Trinajstić information content (AvgIpc) is 1.98. The third-order valence-corrected chi connectivity index (χ3v) is 2.08. The molecule has 0 radical (unpaired) electrons. The molecule has 0 saturated heterocycles. The van der Waals surface area contributed by atoms with Crippen molar-refractivity contribution in [2.75, 3.05) is 0 Å². The van der Waals surface area contributed by atoms with Gasteiger partial charge in [0.2, 0.25) is 5.88 Å². The second-order valence-electron chi connectivity index (χ2n) is 1.81. The maximum absolute atomic E-state index is 10.7. The summed E-state index contributed by atoms with van der Waals surface area (Å²) in [5.74, 6) is 0.0741. The van der Waals surface area contributed by atoms with Gasteiger partial charge in [0.05, 0.1) is 4.88 Å². The third-order valence-electron chi connectivity index (χ3n) is 1.15. The van der Waals surface area contributed by atoms with Crippen molar-refractivity contribution in [3.8, 4) is 5.88 Å². The van der Waals surface area contributed by atoms with Crippen LogP contribution in [0.1, 0.15) is 4.88 Å². The SMILES string of the molecule is Cc1sc(=O)n(C)c1O. The van der Waals surface area contributed by atoms with Crippen molar-refractivity contribution in [2.45, 2.75) is 6.92 Å². The van der Waals surface area contributed by atoms with Gasteiger partial charge < -0.3 is 5.11 Å². The summed E-state index contributed by atoms with van der Waals surface area (Å²) in [6.45, 7) is 1.71. The number of hydrogen-bond donors (Lipinski definition) is 1. The van der Waals surface area contributed by atoms with Gasteiger partial charge in [0, 0.05) is 7.05 Å². The van der Waals surface area contributed by atoms with Crippen LogP contribution in [0.3, 0.4) is 0 Å². The van der Waals surface area contributed by atoms with Crippen LogP contribution in [0, 0.1) is 6.92 Å². The van der Waals surface area contributed by atoms with E-state index in [4.69, 9.17) is 5.11 Å². The lowest BCUT2D eigenvalue weighted by atomic mass is 10.6. The largest absolute Gasteiger partial charge is 0.494 e. The van der Waals surface area contributed by atoms with Crippen molar-refractivity contribution in [1.82, 2.24) is 4.57 Å². The van der Waals surface area contributed by atoms with Crippen LogP contribution in [0.25, 0.3) is 0 Å². The van der Waals surface area contributed by atoms with Gasteiger partial charge in [-0.05, 0) is 6.92 Å². The molecule has 0 unspecified atom stereocenters. The molecule has 1 rings (SSSR count). The van der Waals surface area contributed by atoms with Gasteiger partial charge in [-0.3, -0.25) is 9.36 Å². The van der Waals surface area contributed by atoms with Gasteiger partial charge in [-0.1, -0.05) is 11.3 Å². The fourth-order valence-corrected chi connectivity index (χ4v) is 1.28. The van der Waals surface area contributed by atoms with E-state index in [0.29, 0.717) is 4.88 Å². The molecule has 0 aliphatic rings. The van der Waals surface area contributed by atoms with E-state index in [0.717, 1.165) is 11.3 Å². The minimum absolute atomic E-state index is 0.0741. The first kappa shape index (κ1) is 6.35. The molecule has 1 aromatic heterocycles. The minimum atomic E-state index is -0.120. The molecule has 0 fully saturated rings. The standard InChI is InChI=1S/C5H7NO2S/c1-3-4(7)6(2)5(8)9-3/h7H,1-2H3. The number of aromatic nitrogens is 1. The van der Waals surface area contributed by atoms with E-state index in [-0.39, 0.29) is 10.8 Å². The number of nitrogens with zero attached hydrogens (tertiary/aromatic N) is 1. The summed E-state index contributed by atoms with van der Waals surface area (Å²) < 4.78 is 1.22. The molecule has 1 N–H and O–H groups in total. The van der Waals surface area contributed by atoms with Crippen LogP contribution < -0.4 is 4.87 Å². The fraction of sp³-hybridized carbons (Fsp3) is 0.400. The Hall–Kier alpha value is -0.770. The molecule has 3 nitrogen and oxygen atoms in total. The monoisotopic (exact) mass is 145 g/mol. The van der Waals surface area contributed by atoms with Crippen molar-refractivity contribution >= 4 is 11.3 Å². The maximum Gasteiger partial charge on any atom is 0.309 e. The minimum Gasteiger partial charge on any atom is -0.494 e. The zero-order chi connectivity index (χ0) is 7.02. The Morgan fingerprint density at radius 3 is 2.33 bits per heavy atom. The molecule has 9 heavy (non-hydrogen) atoms. The lowest BCUT2D eigenvalue weighted by molar-refractivity contribution is 0.426. The molecule has 0 amide bonds. The van der Waals surface area contributed by atoms with Crippen molar-refractivity contribution < 1.29 is 5.11 Å². The van der Waals surface area contributed by atoms with Crippen LogP contribution in [-0.2, 0) is 7.05 Å². The van der Waals surface area contributed by atoms with Crippen LogP contribution in [0.15, 0.2) is 4.79 Å². The van der Waals surface area contributed by atoms with Crippen molar-refractivity contribution in [1.29, 1.82) is 0 Å². The van der Waals surface area contributed by atoms with Crippen LogP contribution in [-0.4, -0.2) is 9.67 Å². The summed E-state index contributed by atoms with van der Waals surface area (Å²) in [7, 11) is 1.54. The van der Waals surface area contributed by atoms with E-state index in [1.807, 2.05) is 0 Å². The highest BCUT2D eigenvalue weighted by Crippen LogP contribution is 2.15. The smallest absolute Gasteiger partial charge is 0.309 e. The first-order chi connectivity index (χ1) is 4.13. The number of aromatic hydroxyl groups is 1. The van der Waals surface area contributed by atoms with Crippen molar-refractivity contribution in [3.05, 3.63) is 14.5 Å². The highest BCUT2D eigenvalue weighted by atomic mass is 32.1. The highest BCUT2D eigenvalue weighted by molar-refractivity contribution is 7.09. The molecule has 50 valence electrons. The number of thiazole rings is 1. The van der Waals surface area contributed by atoms with Crippen LogP contribution >= 0.6 is 11.3 Å². The first-order valence-electron chi connectivity index (χ1n) is 2.48. The maximum atomic E-state index is 10.7. The van der Waals surface area contributed by atoms with E-state index in [2.05, 4.69) is 0 Å². The summed E-state index contributed by atoms with van der Waals surface area (Å²) in [5.41, 5.74) is 0. The van der Waals surface area contributed by atoms with Crippen LogP contribution in [0.2, 0.25) is 0 Å². The molecule has 0 atom stereocenters. The zero-order valence-corrected chi connectivity index (χ0v) is 6.03. The Morgan fingerprint density at radius 2 is 2.22 bits per heavy atom. The lowest BCUT2D eigenvalue weighted by Crippen LogP contribution is -2.05. The predicted molar refractivity (Wildman–Crippen MR) is 36.0 cm³/mol. The normalized spacial score (nSPS) is 10.0. The molecule has 0 saturated carbocycles. The quantitative estimate of drug-likeness (QED) is 0.576. The number of hydrogen-bond acceptors (Lipinski definition) is 3. The van der Waals surface area contributed by atoms with Gasteiger partial charge in [0.15, 0.2) is 0 Å². The van der Waals surface area contributed by atoms with Gasteiger partial charge in [0.25, 0.3) is 0 Å². The summed E-state index contributed by atoms with van der Waals surface area (Å²) >= 11 is 1.05. The van der Waals surface area contributed by atoms with E-state index in [1.165, 1.54) is 4.57 Å². The summed E-state index contributed by atoms with van der Waals surface area (Å²) in [6, 6.07) is 0. The van der Waals surface area contributed by atoms with Gasteiger partial charge in [0.1, 0.15) is 0 Å². The molecular weight excluding hydrogens is 138 g/mol. The summed E-state index contributed by atoms with van der Waals surface area (Å²) in [5, 5.41) is 9.00. The topological polar surface area (TPSA) is 42.2 Å². The lowest BCUT2D eigenvalue weighted by Gasteiger charge is -1.89. The van der Waals surface area contributed by atoms with Crippen molar-refractivity contribution in [2.24, 2.45) is 7.05 Å². The Bertz CT molecular complexity index is 273. The highest BCUT2D eigenvalue weighted by Gasteiger charge is 2.03. The van der Waals surface area contributed by atoms with E-state index < -0.39 is 0 Å². The average molecular weight is 145 g/mol. The Labute approximate surface area is 56.2 Å². The van der Waals surface area contributed by atoms with Crippen LogP contribution in [0.5, 0.6) is 5.88 Å². The van der Waals surface area contributed by atoms with Gasteiger partial charge in [-0.25, -0.2) is 0 Å². The molecule has 0 aliphatic carbocycles. The summed E-state index contributed by atoms with van der Waals surface area (Å²) in [4.78, 5) is 11.2. The molecule has 0 bridgehead atoms. The van der Waals surface area contributed by atoms with Crippen LogP contribution in [0.4, 0.5) is 0 Å². The van der Waals surface area contributed by atoms with Gasteiger partial charge in [-0.2, -0.15) is 0 Å². The Kier molecular flexibility index (Phi) is 1.32. The first-order valence-corrected chi connectivity index (χ1v) is 3.30. The second-order valence-corrected chi connectivity index (χ2v) is 2.97. The van der Waals surface area contributed by atoms with E-state index >= 15 is 0 Å². The van der Waals surface area contributed by atoms with Gasteiger partial charge >= 0.3 is 4.87 Å². The molecule has 1 aromatic rings. The number of rotatable bonds is 0. The predicted octanol–water partition coefficient (Wildman–Crippen LogP) is 0.461. The molecule has 0 aliphatic heterocycles. The molecule has 1 heterocycles. The Balaban J connectivity index is 3.47. The fourth-order valence-electron chi connectivity index (χ4n) is 0.568. The second kappa shape index (κ2) is 1.88. The molecule has 0 aromatic carbocycles. The van der Waals surface area contributed by atoms with E-state index in [1.54, 1.807) is 14.0 Å². The zero-order valence-electron chi connectivity index (χ0n) is 5.21. The Morgan fingerprint density at radius 1 is 1.67 bits per heavy atom. The third kappa shape index (κ3) is 0.853. The molecule has 0 spiro atoms. The van der Waals surface area contributed by atoms with Gasteiger partial charge in [-0.15, -0.1) is 0 Å². The van der Waals surface area contributed by atoms with Crippen molar-refractivity contribution in [3.63, 3.8) is 0 Å². The number of aryl methyl sites for hydroxylation is 1. The summed E-state index contributed by atoms with van der Waals surface area (Å²) in [6.07, 6.45) is 0. The van der Waals surface area contributed by atoms with E-state index in [9.17, 15) is 4.79 Å². The molecular formula is C5H7NO2S.